The second kappa shape index (κ2) is 5.89. The van der Waals surface area contributed by atoms with Crippen LogP contribution in [0.4, 0.5) is 0 Å². The summed E-state index contributed by atoms with van der Waals surface area (Å²) >= 11 is 3.23. The molecule has 0 aliphatic rings. The molecule has 0 spiro atoms. The molecule has 1 rings (SSSR count). The summed E-state index contributed by atoms with van der Waals surface area (Å²) < 4.78 is 5.07. The Labute approximate surface area is 104 Å². The molecule has 0 radical (unpaired) electrons. The Hall–Kier alpha value is -1.03. The molecule has 1 aromatic rings. The molecule has 0 aliphatic heterocycles. The maximum atomic E-state index is 11.5. The van der Waals surface area contributed by atoms with Crippen molar-refractivity contribution in [3.8, 4) is 5.75 Å². The fourth-order valence-corrected chi connectivity index (χ4v) is 1.44. The van der Waals surface area contributed by atoms with Gasteiger partial charge in [0, 0.05) is 0 Å². The highest BCUT2D eigenvalue weighted by molar-refractivity contribution is 9.10. The highest BCUT2D eigenvalue weighted by atomic mass is 79.9. The minimum atomic E-state index is -0.173. The molecule has 1 N–H and O–H groups in total. The van der Waals surface area contributed by atoms with Gasteiger partial charge < -0.3 is 10.1 Å². The minimum Gasteiger partial charge on any atom is -0.497 e. The Morgan fingerprint density at radius 1 is 1.31 bits per heavy atom. The summed E-state index contributed by atoms with van der Waals surface area (Å²) in [6, 6.07) is 7.66. The molecule has 2 atom stereocenters. The van der Waals surface area contributed by atoms with Crippen LogP contribution in [0, 0.1) is 0 Å². The van der Waals surface area contributed by atoms with E-state index in [1.54, 1.807) is 14.0 Å². The maximum Gasteiger partial charge on any atom is 0.233 e. The van der Waals surface area contributed by atoms with Gasteiger partial charge in [-0.25, -0.2) is 0 Å². The highest BCUT2D eigenvalue weighted by Crippen LogP contribution is 2.17. The van der Waals surface area contributed by atoms with Gasteiger partial charge in [0.2, 0.25) is 5.91 Å². The van der Waals surface area contributed by atoms with Gasteiger partial charge in [-0.2, -0.15) is 0 Å². The number of nitrogens with one attached hydrogen (secondary N) is 1. The molecule has 1 amide bonds. The van der Waals surface area contributed by atoms with Crippen molar-refractivity contribution >= 4 is 21.8 Å². The first-order chi connectivity index (χ1) is 7.54. The number of carbonyl (C=O) groups excluding carboxylic acids is 1. The summed E-state index contributed by atoms with van der Waals surface area (Å²) in [5.74, 6) is 0.805. The molecule has 0 aliphatic carbocycles. The number of ether oxygens (including phenoxy) is 1. The van der Waals surface area contributed by atoms with E-state index in [2.05, 4.69) is 21.2 Å². The quantitative estimate of drug-likeness (QED) is 0.864. The summed E-state index contributed by atoms with van der Waals surface area (Å²) in [5.41, 5.74) is 1.06. The molecule has 0 saturated carbocycles. The Kier molecular flexibility index (Phi) is 4.80. The molecular formula is C12H16BrNO2. The number of rotatable bonds is 4. The van der Waals surface area contributed by atoms with Crippen LogP contribution in [0.5, 0.6) is 5.75 Å². The number of benzene rings is 1. The van der Waals surface area contributed by atoms with E-state index >= 15 is 0 Å². The van der Waals surface area contributed by atoms with Gasteiger partial charge in [0.1, 0.15) is 5.75 Å². The van der Waals surface area contributed by atoms with Crippen molar-refractivity contribution in [2.24, 2.45) is 0 Å². The van der Waals surface area contributed by atoms with Crippen molar-refractivity contribution < 1.29 is 9.53 Å². The van der Waals surface area contributed by atoms with Crippen LogP contribution in [0.3, 0.4) is 0 Å². The third-order valence-electron chi connectivity index (χ3n) is 2.34. The van der Waals surface area contributed by atoms with E-state index in [0.717, 1.165) is 11.3 Å². The zero-order valence-corrected chi connectivity index (χ0v) is 11.2. The molecule has 0 heterocycles. The molecule has 0 fully saturated rings. The number of hydrogen-bond acceptors (Lipinski definition) is 2. The standard InChI is InChI=1S/C12H16BrNO2/c1-8(13)12(15)14-9(2)10-4-6-11(16-3)7-5-10/h4-9H,1-3H3,(H,14,15)/t8?,9-/m0/s1. The average Bonchev–Trinajstić information content (AvgIpc) is 2.28. The highest BCUT2D eigenvalue weighted by Gasteiger charge is 2.13. The van der Waals surface area contributed by atoms with E-state index in [1.165, 1.54) is 0 Å². The smallest absolute Gasteiger partial charge is 0.233 e. The van der Waals surface area contributed by atoms with E-state index in [9.17, 15) is 4.79 Å². The van der Waals surface area contributed by atoms with Crippen molar-refractivity contribution in [1.82, 2.24) is 5.32 Å². The minimum absolute atomic E-state index is 0.00148. The van der Waals surface area contributed by atoms with E-state index in [0.29, 0.717) is 0 Å². The number of halogens is 1. The fraction of sp³-hybridized carbons (Fsp3) is 0.417. The van der Waals surface area contributed by atoms with Gasteiger partial charge in [-0.05, 0) is 31.5 Å². The first-order valence-corrected chi connectivity index (χ1v) is 6.04. The molecule has 0 bridgehead atoms. The Morgan fingerprint density at radius 3 is 2.31 bits per heavy atom. The third kappa shape index (κ3) is 3.52. The van der Waals surface area contributed by atoms with Gasteiger partial charge in [-0.15, -0.1) is 0 Å². The number of alkyl halides is 1. The van der Waals surface area contributed by atoms with Crippen molar-refractivity contribution in [1.29, 1.82) is 0 Å². The number of amides is 1. The van der Waals surface area contributed by atoms with Crippen LogP contribution < -0.4 is 10.1 Å². The van der Waals surface area contributed by atoms with E-state index in [-0.39, 0.29) is 16.8 Å². The molecule has 16 heavy (non-hydrogen) atoms. The summed E-state index contributed by atoms with van der Waals surface area (Å²) in [4.78, 5) is 11.3. The van der Waals surface area contributed by atoms with Crippen molar-refractivity contribution in [2.75, 3.05) is 7.11 Å². The molecular weight excluding hydrogens is 270 g/mol. The molecule has 4 heteroatoms. The molecule has 1 unspecified atom stereocenters. The fourth-order valence-electron chi connectivity index (χ4n) is 1.30. The van der Waals surface area contributed by atoms with Crippen molar-refractivity contribution in [2.45, 2.75) is 24.7 Å². The average molecular weight is 286 g/mol. The van der Waals surface area contributed by atoms with E-state index < -0.39 is 0 Å². The van der Waals surface area contributed by atoms with Crippen LogP contribution in [0.2, 0.25) is 0 Å². The summed E-state index contributed by atoms with van der Waals surface area (Å²) in [5, 5.41) is 2.91. The molecule has 88 valence electrons. The topological polar surface area (TPSA) is 38.3 Å². The third-order valence-corrected chi connectivity index (χ3v) is 2.75. The van der Waals surface area contributed by atoms with Crippen LogP contribution in [-0.4, -0.2) is 17.8 Å². The first-order valence-electron chi connectivity index (χ1n) is 5.13. The van der Waals surface area contributed by atoms with Gasteiger partial charge >= 0.3 is 0 Å². The van der Waals surface area contributed by atoms with Crippen LogP contribution in [0.1, 0.15) is 25.5 Å². The number of methoxy groups -OCH3 is 1. The zero-order chi connectivity index (χ0) is 12.1. The second-order valence-electron chi connectivity index (χ2n) is 3.62. The van der Waals surface area contributed by atoms with Gasteiger partial charge in [0.15, 0.2) is 0 Å². The first kappa shape index (κ1) is 13.0. The van der Waals surface area contributed by atoms with Crippen LogP contribution in [0.15, 0.2) is 24.3 Å². The lowest BCUT2D eigenvalue weighted by Crippen LogP contribution is -2.31. The van der Waals surface area contributed by atoms with Crippen LogP contribution in [0.25, 0.3) is 0 Å². The lowest BCUT2D eigenvalue weighted by Gasteiger charge is -2.15. The van der Waals surface area contributed by atoms with Gasteiger partial charge in [-0.3, -0.25) is 4.79 Å². The predicted molar refractivity (Wildman–Crippen MR) is 67.9 cm³/mol. The monoisotopic (exact) mass is 285 g/mol. The summed E-state index contributed by atoms with van der Waals surface area (Å²) in [6.45, 7) is 3.76. The van der Waals surface area contributed by atoms with E-state index in [1.807, 2.05) is 31.2 Å². The Morgan fingerprint density at radius 2 is 1.88 bits per heavy atom. The second-order valence-corrected chi connectivity index (χ2v) is 4.99. The number of carbonyl (C=O) groups is 1. The molecule has 0 aromatic heterocycles. The van der Waals surface area contributed by atoms with Gasteiger partial charge in [-0.1, -0.05) is 28.1 Å². The normalized spacial score (nSPS) is 14.0. The van der Waals surface area contributed by atoms with Crippen molar-refractivity contribution in [3.05, 3.63) is 29.8 Å². The van der Waals surface area contributed by atoms with Gasteiger partial charge in [0.25, 0.3) is 0 Å². The van der Waals surface area contributed by atoms with E-state index in [4.69, 9.17) is 4.74 Å². The molecule has 3 nitrogen and oxygen atoms in total. The molecule has 1 aromatic carbocycles. The zero-order valence-electron chi connectivity index (χ0n) is 9.66. The number of hydrogen-bond donors (Lipinski definition) is 1. The lowest BCUT2D eigenvalue weighted by molar-refractivity contribution is -0.120. The Bertz CT molecular complexity index is 349. The molecule has 0 saturated heterocycles. The Balaban J connectivity index is 2.65. The predicted octanol–water partition coefficient (Wildman–Crippen LogP) is 2.66. The lowest BCUT2D eigenvalue weighted by atomic mass is 10.1. The summed E-state index contributed by atoms with van der Waals surface area (Å²) in [6.07, 6.45) is 0. The van der Waals surface area contributed by atoms with Crippen LogP contribution in [-0.2, 0) is 4.79 Å². The largest absolute Gasteiger partial charge is 0.497 e. The summed E-state index contributed by atoms with van der Waals surface area (Å²) in [7, 11) is 1.63. The van der Waals surface area contributed by atoms with Gasteiger partial charge in [0.05, 0.1) is 18.0 Å². The van der Waals surface area contributed by atoms with Crippen LogP contribution >= 0.6 is 15.9 Å². The van der Waals surface area contributed by atoms with Crippen molar-refractivity contribution in [3.63, 3.8) is 0 Å². The SMILES string of the molecule is COc1ccc([C@H](C)NC(=O)C(C)Br)cc1. The maximum absolute atomic E-state index is 11.5.